The molecule has 0 spiro atoms. The van der Waals surface area contributed by atoms with Gasteiger partial charge < -0.3 is 9.73 Å². The standard InChI is InChI=1S/C14H17BrN4OS/c15-12-4-3-11(21-12)14-18-17-13(20-14)8-19-6-5-9-1-2-10(7-19)16-9/h3-4,9-10,16H,1-2,5-8H2. The van der Waals surface area contributed by atoms with E-state index >= 15 is 0 Å². The van der Waals surface area contributed by atoms with Crippen molar-refractivity contribution in [1.29, 1.82) is 0 Å². The lowest BCUT2D eigenvalue weighted by atomic mass is 10.1. The van der Waals surface area contributed by atoms with Gasteiger partial charge in [-0.3, -0.25) is 4.90 Å². The van der Waals surface area contributed by atoms with Gasteiger partial charge in [-0.05, 0) is 47.3 Å². The summed E-state index contributed by atoms with van der Waals surface area (Å²) in [5.74, 6) is 1.34. The van der Waals surface area contributed by atoms with E-state index in [-0.39, 0.29) is 0 Å². The van der Waals surface area contributed by atoms with E-state index in [1.165, 1.54) is 19.3 Å². The zero-order chi connectivity index (χ0) is 14.2. The molecule has 2 fully saturated rings. The first kappa shape index (κ1) is 13.9. The Balaban J connectivity index is 1.44. The Morgan fingerprint density at radius 3 is 3.05 bits per heavy atom. The van der Waals surface area contributed by atoms with Gasteiger partial charge in [-0.25, -0.2) is 0 Å². The first-order valence-electron chi connectivity index (χ1n) is 7.33. The van der Waals surface area contributed by atoms with Gasteiger partial charge in [-0.15, -0.1) is 21.5 Å². The maximum atomic E-state index is 5.81. The first-order chi connectivity index (χ1) is 10.3. The van der Waals surface area contributed by atoms with Gasteiger partial charge in [0.1, 0.15) is 0 Å². The summed E-state index contributed by atoms with van der Waals surface area (Å²) >= 11 is 5.07. The Labute approximate surface area is 135 Å². The maximum absolute atomic E-state index is 5.81. The number of halogens is 1. The van der Waals surface area contributed by atoms with Crippen molar-refractivity contribution < 1.29 is 4.42 Å². The Morgan fingerprint density at radius 1 is 1.29 bits per heavy atom. The van der Waals surface area contributed by atoms with Crippen molar-refractivity contribution in [2.24, 2.45) is 0 Å². The van der Waals surface area contributed by atoms with Crippen molar-refractivity contribution >= 4 is 27.3 Å². The van der Waals surface area contributed by atoms with Crippen LogP contribution in [0.5, 0.6) is 0 Å². The summed E-state index contributed by atoms with van der Waals surface area (Å²) in [6.45, 7) is 2.94. The number of likely N-dealkylation sites (tertiary alicyclic amines) is 1. The lowest BCUT2D eigenvalue weighted by molar-refractivity contribution is 0.228. The van der Waals surface area contributed by atoms with Crippen LogP contribution in [-0.2, 0) is 6.54 Å². The topological polar surface area (TPSA) is 54.2 Å². The third-order valence-corrected chi connectivity index (χ3v) is 5.83. The molecule has 2 unspecified atom stereocenters. The van der Waals surface area contributed by atoms with Crippen molar-refractivity contribution in [3.8, 4) is 10.8 Å². The number of nitrogens with zero attached hydrogens (tertiary/aromatic N) is 3. The maximum Gasteiger partial charge on any atom is 0.257 e. The molecule has 2 aliphatic rings. The lowest BCUT2D eigenvalue weighted by Crippen LogP contribution is -2.35. The number of thiophene rings is 1. The van der Waals surface area contributed by atoms with E-state index in [0.717, 1.165) is 28.3 Å². The molecule has 2 aromatic heterocycles. The number of nitrogens with one attached hydrogen (secondary N) is 1. The second-order valence-electron chi connectivity index (χ2n) is 5.77. The minimum absolute atomic E-state index is 0.621. The van der Waals surface area contributed by atoms with Crippen LogP contribution in [0.2, 0.25) is 0 Å². The Hall–Kier alpha value is -0.760. The van der Waals surface area contributed by atoms with Crippen LogP contribution in [0, 0.1) is 0 Å². The molecule has 1 N–H and O–H groups in total. The number of rotatable bonds is 3. The quantitative estimate of drug-likeness (QED) is 0.902. The van der Waals surface area contributed by atoms with E-state index in [4.69, 9.17) is 4.42 Å². The molecular formula is C14H17BrN4OS. The first-order valence-corrected chi connectivity index (χ1v) is 8.94. The molecule has 0 radical (unpaired) electrons. The smallest absolute Gasteiger partial charge is 0.257 e. The molecule has 21 heavy (non-hydrogen) atoms. The third-order valence-electron chi connectivity index (χ3n) is 4.22. The van der Waals surface area contributed by atoms with Crippen molar-refractivity contribution in [1.82, 2.24) is 20.4 Å². The Bertz CT molecular complexity index is 628. The van der Waals surface area contributed by atoms with Gasteiger partial charge in [0.25, 0.3) is 5.89 Å². The second kappa shape index (κ2) is 5.79. The highest BCUT2D eigenvalue weighted by atomic mass is 79.9. The highest BCUT2D eigenvalue weighted by Crippen LogP contribution is 2.30. The molecule has 2 atom stereocenters. The molecule has 0 saturated carbocycles. The van der Waals surface area contributed by atoms with Crippen LogP contribution in [0.3, 0.4) is 0 Å². The predicted octanol–water partition coefficient (Wildman–Crippen LogP) is 2.89. The van der Waals surface area contributed by atoms with Gasteiger partial charge in [-0.2, -0.15) is 0 Å². The van der Waals surface area contributed by atoms with Crippen LogP contribution < -0.4 is 5.32 Å². The number of fused-ring (bicyclic) bond motifs is 2. The minimum Gasteiger partial charge on any atom is -0.419 e. The third kappa shape index (κ3) is 3.06. The van der Waals surface area contributed by atoms with Gasteiger partial charge in [0.05, 0.1) is 15.2 Å². The summed E-state index contributed by atoms with van der Waals surface area (Å²) in [6.07, 6.45) is 3.84. The van der Waals surface area contributed by atoms with E-state index in [2.05, 4.69) is 36.3 Å². The summed E-state index contributed by atoms with van der Waals surface area (Å²) in [7, 11) is 0. The van der Waals surface area contributed by atoms with Gasteiger partial charge in [0.2, 0.25) is 5.89 Å². The van der Waals surface area contributed by atoms with Gasteiger partial charge in [-0.1, -0.05) is 0 Å². The van der Waals surface area contributed by atoms with Crippen LogP contribution in [-0.4, -0.2) is 40.3 Å². The average molecular weight is 369 g/mol. The van der Waals surface area contributed by atoms with Gasteiger partial charge in [0, 0.05) is 25.2 Å². The van der Waals surface area contributed by atoms with Crippen LogP contribution in [0.25, 0.3) is 10.8 Å². The molecule has 2 bridgehead atoms. The zero-order valence-corrected chi connectivity index (χ0v) is 14.0. The summed E-state index contributed by atoms with van der Waals surface area (Å²) in [5, 5.41) is 12.1. The molecule has 0 aliphatic carbocycles. The lowest BCUT2D eigenvalue weighted by Gasteiger charge is -2.21. The van der Waals surface area contributed by atoms with Gasteiger partial charge >= 0.3 is 0 Å². The molecule has 2 aromatic rings. The van der Waals surface area contributed by atoms with E-state index < -0.39 is 0 Å². The zero-order valence-electron chi connectivity index (χ0n) is 11.6. The fourth-order valence-electron chi connectivity index (χ4n) is 3.20. The van der Waals surface area contributed by atoms with Crippen molar-refractivity contribution in [3.63, 3.8) is 0 Å². The summed E-state index contributed by atoms with van der Waals surface area (Å²) < 4.78 is 6.89. The second-order valence-corrected chi connectivity index (χ2v) is 8.23. The molecular weight excluding hydrogens is 352 g/mol. The van der Waals surface area contributed by atoms with E-state index in [1.807, 2.05) is 12.1 Å². The molecule has 0 amide bonds. The highest BCUT2D eigenvalue weighted by molar-refractivity contribution is 9.11. The summed E-state index contributed by atoms with van der Waals surface area (Å²) in [4.78, 5) is 3.44. The molecule has 4 rings (SSSR count). The average Bonchev–Trinajstić information content (AvgIpc) is 3.13. The van der Waals surface area contributed by atoms with Crippen LogP contribution in [0.4, 0.5) is 0 Å². The number of aromatic nitrogens is 2. The fourth-order valence-corrected chi connectivity index (χ4v) is 4.50. The molecule has 2 saturated heterocycles. The largest absolute Gasteiger partial charge is 0.419 e. The Kier molecular flexibility index (Phi) is 3.83. The van der Waals surface area contributed by atoms with E-state index in [1.54, 1.807) is 11.3 Å². The van der Waals surface area contributed by atoms with Crippen LogP contribution in [0.15, 0.2) is 20.3 Å². The highest BCUT2D eigenvalue weighted by Gasteiger charge is 2.29. The SMILES string of the molecule is Brc1ccc(-c2nnc(CN3CCC4CCC(C3)N4)o2)s1. The molecule has 2 aliphatic heterocycles. The molecule has 5 nitrogen and oxygen atoms in total. The Morgan fingerprint density at radius 2 is 2.19 bits per heavy atom. The number of hydrogen-bond donors (Lipinski definition) is 1. The number of hydrogen-bond acceptors (Lipinski definition) is 6. The molecule has 4 heterocycles. The van der Waals surface area contributed by atoms with Crippen molar-refractivity contribution in [2.45, 2.75) is 37.9 Å². The van der Waals surface area contributed by atoms with E-state index in [9.17, 15) is 0 Å². The molecule has 7 heteroatoms. The van der Waals surface area contributed by atoms with E-state index in [0.29, 0.717) is 23.9 Å². The summed E-state index contributed by atoms with van der Waals surface area (Å²) in [5.41, 5.74) is 0. The van der Waals surface area contributed by atoms with Crippen molar-refractivity contribution in [3.05, 3.63) is 21.8 Å². The summed E-state index contributed by atoms with van der Waals surface area (Å²) in [6, 6.07) is 5.34. The monoisotopic (exact) mass is 368 g/mol. The minimum atomic E-state index is 0.621. The van der Waals surface area contributed by atoms with Gasteiger partial charge in [0.15, 0.2) is 0 Å². The normalized spacial score (nSPS) is 26.1. The molecule has 0 aromatic carbocycles. The van der Waals surface area contributed by atoms with Crippen molar-refractivity contribution in [2.75, 3.05) is 13.1 Å². The predicted molar refractivity (Wildman–Crippen MR) is 85.2 cm³/mol. The van der Waals surface area contributed by atoms with Crippen LogP contribution in [0.1, 0.15) is 25.2 Å². The van der Waals surface area contributed by atoms with Crippen LogP contribution >= 0.6 is 27.3 Å². The molecule has 112 valence electrons. The fraction of sp³-hybridized carbons (Fsp3) is 0.571.